The Hall–Kier alpha value is -0.450. The molecule has 0 amide bonds. The van der Waals surface area contributed by atoms with Crippen LogP contribution in [0.5, 0.6) is 0 Å². The van der Waals surface area contributed by atoms with Crippen LogP contribution < -0.4 is 0 Å². The van der Waals surface area contributed by atoms with E-state index in [1.54, 1.807) is 11.3 Å². The minimum absolute atomic E-state index is 0.150. The molecule has 1 saturated carbocycles. The zero-order valence-electron chi connectivity index (χ0n) is 8.66. The summed E-state index contributed by atoms with van der Waals surface area (Å²) >= 11 is 1.65. The lowest BCUT2D eigenvalue weighted by Gasteiger charge is -2.04. The summed E-state index contributed by atoms with van der Waals surface area (Å²) in [5, 5.41) is 10.3. The molecule has 0 spiro atoms. The Morgan fingerprint density at radius 2 is 2.21 bits per heavy atom. The molecule has 14 heavy (non-hydrogen) atoms. The smallest absolute Gasteiger partial charge is 0.107 e. The van der Waals surface area contributed by atoms with E-state index in [0.717, 1.165) is 22.1 Å². The topological polar surface area (TPSA) is 36.4 Å². The Morgan fingerprint density at radius 3 is 2.71 bits per heavy atom. The molecule has 0 saturated heterocycles. The second-order valence-corrected chi connectivity index (χ2v) is 5.25. The van der Waals surface area contributed by atoms with E-state index in [1.165, 1.54) is 12.8 Å². The number of aliphatic hydroxyl groups excluding tert-OH is 1. The van der Waals surface area contributed by atoms with E-state index >= 15 is 0 Å². The van der Waals surface area contributed by atoms with Crippen LogP contribution in [0.3, 0.4) is 0 Å². The zero-order chi connectivity index (χ0) is 10.1. The Labute approximate surface area is 88.4 Å². The van der Waals surface area contributed by atoms with E-state index in [1.807, 2.05) is 14.1 Å². The molecule has 4 heteroatoms. The number of hydrogen-bond donors (Lipinski definition) is 1. The summed E-state index contributed by atoms with van der Waals surface area (Å²) in [7, 11) is 4.08. The molecule has 0 radical (unpaired) electrons. The van der Waals surface area contributed by atoms with Gasteiger partial charge in [0, 0.05) is 12.5 Å². The van der Waals surface area contributed by atoms with Crippen LogP contribution in [0.25, 0.3) is 0 Å². The van der Waals surface area contributed by atoms with Crippen molar-refractivity contribution >= 4 is 11.3 Å². The van der Waals surface area contributed by atoms with E-state index in [0.29, 0.717) is 5.92 Å². The Balaban J connectivity index is 2.17. The van der Waals surface area contributed by atoms with Gasteiger partial charge in [0.05, 0.1) is 17.2 Å². The van der Waals surface area contributed by atoms with E-state index < -0.39 is 0 Å². The third kappa shape index (κ3) is 2.13. The average molecular weight is 212 g/mol. The first kappa shape index (κ1) is 10.1. The van der Waals surface area contributed by atoms with Crippen LogP contribution >= 0.6 is 11.3 Å². The predicted molar refractivity (Wildman–Crippen MR) is 57.4 cm³/mol. The molecule has 1 N–H and O–H groups in total. The molecule has 1 heterocycles. The molecular formula is C10H16N2OS. The van der Waals surface area contributed by atoms with Gasteiger partial charge >= 0.3 is 0 Å². The van der Waals surface area contributed by atoms with E-state index in [4.69, 9.17) is 0 Å². The van der Waals surface area contributed by atoms with Gasteiger partial charge in [-0.05, 0) is 26.9 Å². The third-order valence-electron chi connectivity index (χ3n) is 2.33. The third-order valence-corrected chi connectivity index (χ3v) is 3.37. The molecular weight excluding hydrogens is 196 g/mol. The fraction of sp³-hybridized carbons (Fsp3) is 0.700. The Bertz CT molecular complexity index is 318. The molecule has 3 nitrogen and oxygen atoms in total. The quantitative estimate of drug-likeness (QED) is 0.823. The fourth-order valence-corrected chi connectivity index (χ4v) is 2.67. The molecule has 1 aliphatic carbocycles. The maximum Gasteiger partial charge on any atom is 0.107 e. The Morgan fingerprint density at radius 1 is 1.50 bits per heavy atom. The minimum atomic E-state index is 0.150. The van der Waals surface area contributed by atoms with Gasteiger partial charge in [0.2, 0.25) is 0 Å². The van der Waals surface area contributed by atoms with Gasteiger partial charge in [-0.25, -0.2) is 4.98 Å². The molecule has 0 aromatic carbocycles. The highest BCUT2D eigenvalue weighted by atomic mass is 32.1. The lowest BCUT2D eigenvalue weighted by molar-refractivity contribution is 0.284. The summed E-state index contributed by atoms with van der Waals surface area (Å²) in [6.45, 7) is 1.03. The molecule has 0 atom stereocenters. The first-order valence-corrected chi connectivity index (χ1v) is 5.76. The van der Waals surface area contributed by atoms with Crippen LogP contribution in [0, 0.1) is 0 Å². The summed E-state index contributed by atoms with van der Waals surface area (Å²) in [5.41, 5.74) is 1.16. The first-order chi connectivity index (χ1) is 6.70. The molecule has 0 unspecified atom stereocenters. The van der Waals surface area contributed by atoms with Crippen LogP contribution in [0.15, 0.2) is 0 Å². The van der Waals surface area contributed by atoms with Crippen molar-refractivity contribution in [1.29, 1.82) is 0 Å². The van der Waals surface area contributed by atoms with Gasteiger partial charge in [-0.3, -0.25) is 0 Å². The first-order valence-electron chi connectivity index (χ1n) is 4.94. The molecule has 1 fully saturated rings. The van der Waals surface area contributed by atoms with Gasteiger partial charge in [0.25, 0.3) is 0 Å². The van der Waals surface area contributed by atoms with Gasteiger partial charge in [-0.1, -0.05) is 0 Å². The van der Waals surface area contributed by atoms with Crippen LogP contribution in [0.2, 0.25) is 0 Å². The lowest BCUT2D eigenvalue weighted by Crippen LogP contribution is -2.10. The Kier molecular flexibility index (Phi) is 2.85. The standard InChI is InChI=1S/C10H16N2OS/c1-12(2)5-9-11-10(7-3-4-7)8(6-13)14-9/h7,13H,3-6H2,1-2H3. The fourth-order valence-electron chi connectivity index (χ4n) is 1.54. The predicted octanol–water partition coefficient (Wildman–Crippen LogP) is 1.57. The number of thiazole rings is 1. The number of aromatic nitrogens is 1. The second kappa shape index (κ2) is 3.96. The number of hydrogen-bond acceptors (Lipinski definition) is 4. The van der Waals surface area contributed by atoms with E-state index in [-0.39, 0.29) is 6.61 Å². The summed E-state index contributed by atoms with van der Waals surface area (Å²) in [4.78, 5) is 7.78. The highest BCUT2D eigenvalue weighted by Gasteiger charge is 2.29. The van der Waals surface area contributed by atoms with Crippen LogP contribution in [0.4, 0.5) is 0 Å². The molecule has 0 aliphatic heterocycles. The van der Waals surface area contributed by atoms with Crippen LogP contribution in [-0.4, -0.2) is 29.1 Å². The van der Waals surface area contributed by atoms with Gasteiger partial charge in [-0.2, -0.15) is 0 Å². The average Bonchev–Trinajstić information content (AvgIpc) is 2.88. The van der Waals surface area contributed by atoms with Gasteiger partial charge in [0.15, 0.2) is 0 Å². The lowest BCUT2D eigenvalue weighted by atomic mass is 10.2. The highest BCUT2D eigenvalue weighted by molar-refractivity contribution is 7.11. The van der Waals surface area contributed by atoms with Crippen molar-refractivity contribution in [2.24, 2.45) is 0 Å². The van der Waals surface area contributed by atoms with Crippen molar-refractivity contribution in [2.45, 2.75) is 31.9 Å². The number of nitrogens with zero attached hydrogens (tertiary/aromatic N) is 2. The highest BCUT2D eigenvalue weighted by Crippen LogP contribution is 2.42. The normalized spacial score (nSPS) is 16.6. The SMILES string of the molecule is CN(C)Cc1nc(C2CC2)c(CO)s1. The zero-order valence-corrected chi connectivity index (χ0v) is 9.47. The molecule has 0 bridgehead atoms. The van der Waals surface area contributed by atoms with Crippen molar-refractivity contribution in [2.75, 3.05) is 14.1 Å². The molecule has 2 rings (SSSR count). The summed E-state index contributed by atoms with van der Waals surface area (Å²) < 4.78 is 0. The summed E-state index contributed by atoms with van der Waals surface area (Å²) in [5.74, 6) is 0.643. The monoisotopic (exact) mass is 212 g/mol. The number of rotatable bonds is 4. The van der Waals surface area contributed by atoms with Crippen LogP contribution in [-0.2, 0) is 13.2 Å². The largest absolute Gasteiger partial charge is 0.391 e. The minimum Gasteiger partial charge on any atom is -0.391 e. The van der Waals surface area contributed by atoms with Gasteiger partial charge in [-0.15, -0.1) is 11.3 Å². The van der Waals surface area contributed by atoms with Crippen molar-refractivity contribution < 1.29 is 5.11 Å². The van der Waals surface area contributed by atoms with Gasteiger partial charge in [0.1, 0.15) is 5.01 Å². The van der Waals surface area contributed by atoms with E-state index in [9.17, 15) is 5.11 Å². The van der Waals surface area contributed by atoms with Crippen molar-refractivity contribution in [3.8, 4) is 0 Å². The maximum absolute atomic E-state index is 9.20. The molecule has 78 valence electrons. The molecule has 1 aliphatic rings. The summed E-state index contributed by atoms with van der Waals surface area (Å²) in [6, 6.07) is 0. The maximum atomic E-state index is 9.20. The second-order valence-electron chi connectivity index (χ2n) is 4.09. The van der Waals surface area contributed by atoms with Gasteiger partial charge < -0.3 is 10.0 Å². The van der Waals surface area contributed by atoms with Crippen molar-refractivity contribution in [3.05, 3.63) is 15.6 Å². The van der Waals surface area contributed by atoms with Crippen LogP contribution in [0.1, 0.15) is 34.3 Å². The number of aliphatic hydroxyl groups is 1. The molecule has 1 aromatic rings. The van der Waals surface area contributed by atoms with Crippen molar-refractivity contribution in [3.63, 3.8) is 0 Å². The summed E-state index contributed by atoms with van der Waals surface area (Å²) in [6.07, 6.45) is 2.50. The molecule has 1 aromatic heterocycles. The van der Waals surface area contributed by atoms with E-state index in [2.05, 4.69) is 9.88 Å². The van der Waals surface area contributed by atoms with Crippen molar-refractivity contribution in [1.82, 2.24) is 9.88 Å².